The summed E-state index contributed by atoms with van der Waals surface area (Å²) in [6, 6.07) is 7.65. The fourth-order valence-electron chi connectivity index (χ4n) is 6.05. The molecule has 1 aliphatic heterocycles. The first-order chi connectivity index (χ1) is 16.5. The summed E-state index contributed by atoms with van der Waals surface area (Å²) in [5.41, 5.74) is 6.76. The number of likely N-dealkylation sites (tertiary alicyclic amines) is 1. The number of piperidine rings is 1. The Labute approximate surface area is 199 Å². The molecule has 3 aromatic rings. The number of nitrogens with zero attached hydrogens (tertiary/aromatic N) is 1. The number of aromatic amines is 1. The molecule has 0 amide bonds. The van der Waals surface area contributed by atoms with E-state index in [-0.39, 0.29) is 11.5 Å². The molecule has 0 bridgehead atoms. The number of aromatic nitrogens is 1. The fraction of sp³-hybridized carbons (Fsp3) is 0.429. The Morgan fingerprint density at radius 3 is 2.71 bits per heavy atom. The lowest BCUT2D eigenvalue weighted by molar-refractivity contribution is 0.0695. The Hall–Kier alpha value is -3.12. The first-order valence-corrected chi connectivity index (χ1v) is 12.3. The first-order valence-electron chi connectivity index (χ1n) is 12.3. The Bertz CT molecular complexity index is 1310. The summed E-state index contributed by atoms with van der Waals surface area (Å²) >= 11 is 0. The number of fused-ring (bicyclic) bond motifs is 2. The molecule has 0 saturated carbocycles. The summed E-state index contributed by atoms with van der Waals surface area (Å²) in [7, 11) is 1.66. The zero-order chi connectivity index (χ0) is 23.8. The van der Waals surface area contributed by atoms with Gasteiger partial charge >= 0.3 is 5.97 Å². The van der Waals surface area contributed by atoms with Crippen LogP contribution in [-0.4, -0.2) is 34.6 Å². The summed E-state index contributed by atoms with van der Waals surface area (Å²) in [5.74, 6) is -0.0884. The van der Waals surface area contributed by atoms with Gasteiger partial charge in [-0.2, -0.15) is 0 Å². The number of methoxy groups -OCH3 is 1. The van der Waals surface area contributed by atoms with E-state index in [0.717, 1.165) is 79.4 Å². The van der Waals surface area contributed by atoms with Crippen molar-refractivity contribution in [1.82, 2.24) is 9.88 Å². The highest BCUT2D eigenvalue weighted by Gasteiger charge is 2.30. The molecular formula is C28H32N2O4. The lowest BCUT2D eigenvalue weighted by Crippen LogP contribution is -2.34. The summed E-state index contributed by atoms with van der Waals surface area (Å²) in [6.07, 6.45) is 8.89. The molecule has 6 nitrogen and oxygen atoms in total. The molecule has 2 N–H and O–H groups in total. The van der Waals surface area contributed by atoms with Crippen LogP contribution in [0.4, 0.5) is 0 Å². The number of H-pyrrole nitrogens is 1. The number of rotatable bonds is 5. The Kier molecular flexibility index (Phi) is 6.17. The average molecular weight is 461 g/mol. The molecular weight excluding hydrogens is 428 g/mol. The molecule has 5 rings (SSSR count). The Balaban J connectivity index is 1.60. The fourth-order valence-corrected chi connectivity index (χ4v) is 6.05. The summed E-state index contributed by atoms with van der Waals surface area (Å²) in [5, 5.41) is 10.4. The molecule has 34 heavy (non-hydrogen) atoms. The number of aromatic carboxylic acids is 1. The maximum atomic E-state index is 13.0. The number of hydrogen-bond donors (Lipinski definition) is 2. The summed E-state index contributed by atoms with van der Waals surface area (Å²) < 4.78 is 5.76. The first kappa shape index (κ1) is 22.7. The minimum Gasteiger partial charge on any atom is -0.496 e. The summed E-state index contributed by atoms with van der Waals surface area (Å²) in [4.78, 5) is 30.5. The van der Waals surface area contributed by atoms with Crippen LogP contribution >= 0.6 is 0 Å². The van der Waals surface area contributed by atoms with Crippen LogP contribution in [0.25, 0.3) is 10.9 Å². The van der Waals surface area contributed by atoms with E-state index in [1.807, 2.05) is 19.1 Å². The number of carboxylic acids is 1. The van der Waals surface area contributed by atoms with Gasteiger partial charge in [0.2, 0.25) is 0 Å². The smallest absolute Gasteiger partial charge is 0.335 e. The van der Waals surface area contributed by atoms with E-state index in [0.29, 0.717) is 17.5 Å². The predicted molar refractivity (Wildman–Crippen MR) is 133 cm³/mol. The van der Waals surface area contributed by atoms with Crippen LogP contribution in [0, 0.1) is 6.92 Å². The molecule has 178 valence electrons. The molecule has 0 radical (unpaired) electrons. The number of pyridine rings is 1. The third-order valence-corrected chi connectivity index (χ3v) is 7.66. The zero-order valence-electron chi connectivity index (χ0n) is 19.9. The van der Waals surface area contributed by atoms with Crippen molar-refractivity contribution in [2.45, 2.75) is 64.5 Å². The van der Waals surface area contributed by atoms with Crippen molar-refractivity contribution in [3.05, 3.63) is 74.1 Å². The van der Waals surface area contributed by atoms with E-state index in [9.17, 15) is 14.7 Å². The van der Waals surface area contributed by atoms with E-state index in [4.69, 9.17) is 4.74 Å². The normalized spacial score (nSPS) is 18.6. The van der Waals surface area contributed by atoms with Gasteiger partial charge in [-0.1, -0.05) is 12.5 Å². The van der Waals surface area contributed by atoms with Crippen molar-refractivity contribution in [3.8, 4) is 5.75 Å². The van der Waals surface area contributed by atoms with Gasteiger partial charge in [-0.05, 0) is 86.4 Å². The van der Waals surface area contributed by atoms with Gasteiger partial charge in [0.1, 0.15) is 5.75 Å². The van der Waals surface area contributed by atoms with Crippen molar-refractivity contribution in [1.29, 1.82) is 0 Å². The molecule has 1 fully saturated rings. The van der Waals surface area contributed by atoms with Crippen molar-refractivity contribution >= 4 is 16.9 Å². The van der Waals surface area contributed by atoms with E-state index >= 15 is 0 Å². The van der Waals surface area contributed by atoms with Gasteiger partial charge in [0.25, 0.3) is 0 Å². The van der Waals surface area contributed by atoms with E-state index < -0.39 is 5.97 Å². The number of nitrogens with one attached hydrogen (secondary N) is 1. The predicted octanol–water partition coefficient (Wildman–Crippen LogP) is 5.15. The van der Waals surface area contributed by atoms with Crippen molar-refractivity contribution in [2.24, 2.45) is 0 Å². The summed E-state index contributed by atoms with van der Waals surface area (Å²) in [6.45, 7) is 3.54. The monoisotopic (exact) mass is 460 g/mol. The molecule has 6 heteroatoms. The van der Waals surface area contributed by atoms with Crippen LogP contribution in [-0.2, 0) is 19.4 Å². The lowest BCUT2D eigenvalue weighted by Gasteiger charge is -2.38. The maximum Gasteiger partial charge on any atom is 0.335 e. The van der Waals surface area contributed by atoms with Gasteiger partial charge in [0, 0.05) is 30.4 Å². The van der Waals surface area contributed by atoms with Gasteiger partial charge in [-0.25, -0.2) is 4.79 Å². The molecule has 2 heterocycles. The molecule has 1 unspecified atom stereocenters. The largest absolute Gasteiger partial charge is 0.496 e. The molecule has 0 spiro atoms. The molecule has 1 atom stereocenters. The molecule has 2 aliphatic rings. The third-order valence-electron chi connectivity index (χ3n) is 7.66. The lowest BCUT2D eigenvalue weighted by atomic mass is 9.81. The molecule has 1 aliphatic carbocycles. The second-order valence-electron chi connectivity index (χ2n) is 9.62. The van der Waals surface area contributed by atoms with Crippen LogP contribution in [0.15, 0.2) is 35.3 Å². The minimum absolute atomic E-state index is 0.00231. The second-order valence-corrected chi connectivity index (χ2v) is 9.62. The highest BCUT2D eigenvalue weighted by Crippen LogP contribution is 2.40. The van der Waals surface area contributed by atoms with Crippen LogP contribution in [0.1, 0.15) is 76.3 Å². The van der Waals surface area contributed by atoms with Crippen LogP contribution in [0.5, 0.6) is 5.75 Å². The molecule has 1 aromatic heterocycles. The number of aryl methyl sites for hydroxylation is 1. The number of carbonyl (C=O) groups is 1. The van der Waals surface area contributed by atoms with E-state index in [1.165, 1.54) is 11.1 Å². The average Bonchev–Trinajstić information content (AvgIpc) is 2.85. The highest BCUT2D eigenvalue weighted by molar-refractivity contribution is 5.90. The van der Waals surface area contributed by atoms with Gasteiger partial charge < -0.3 is 14.8 Å². The topological polar surface area (TPSA) is 82.6 Å². The standard InChI is InChI=1S/C28H32N2O4/c1-17-15-25(34-2)22(26-24(31)12-13-29-27(17)26)16-30-14-6-5-9-23(30)20-10-11-21(28(32)33)19-8-4-3-7-18(19)20/h10-13,15,23H,3-9,14,16H2,1-2H3,(H,29,31)(H,32,33). The van der Waals surface area contributed by atoms with Gasteiger partial charge in [-0.15, -0.1) is 0 Å². The van der Waals surface area contributed by atoms with E-state index in [2.05, 4.69) is 9.88 Å². The van der Waals surface area contributed by atoms with Crippen LogP contribution < -0.4 is 10.2 Å². The minimum atomic E-state index is -0.833. The number of carboxylic acid groups (broad SMARTS) is 1. The van der Waals surface area contributed by atoms with E-state index in [1.54, 1.807) is 25.4 Å². The van der Waals surface area contributed by atoms with Crippen LogP contribution in [0.2, 0.25) is 0 Å². The Morgan fingerprint density at radius 1 is 1.15 bits per heavy atom. The van der Waals surface area contributed by atoms with Crippen molar-refractivity contribution in [2.75, 3.05) is 13.7 Å². The zero-order valence-corrected chi connectivity index (χ0v) is 19.9. The highest BCUT2D eigenvalue weighted by atomic mass is 16.5. The van der Waals surface area contributed by atoms with Crippen molar-refractivity contribution < 1.29 is 14.6 Å². The van der Waals surface area contributed by atoms with Gasteiger partial charge in [0.15, 0.2) is 5.43 Å². The SMILES string of the molecule is COc1cc(C)c2[nH]ccc(=O)c2c1CN1CCCCC1c1ccc(C(=O)O)c2c1CCCC2. The number of benzene rings is 2. The number of hydrogen-bond acceptors (Lipinski definition) is 4. The number of ether oxygens (including phenoxy) is 1. The Morgan fingerprint density at radius 2 is 1.94 bits per heavy atom. The second kappa shape index (κ2) is 9.26. The van der Waals surface area contributed by atoms with Crippen LogP contribution in [0.3, 0.4) is 0 Å². The molecule has 2 aromatic carbocycles. The molecule has 1 saturated heterocycles. The maximum absolute atomic E-state index is 13.0. The van der Waals surface area contributed by atoms with Gasteiger partial charge in [-0.3, -0.25) is 9.69 Å². The van der Waals surface area contributed by atoms with Gasteiger partial charge in [0.05, 0.1) is 23.6 Å². The van der Waals surface area contributed by atoms with Crippen molar-refractivity contribution in [3.63, 3.8) is 0 Å². The third kappa shape index (κ3) is 3.90. The quantitative estimate of drug-likeness (QED) is 0.550.